The number of halogens is 2. The highest BCUT2D eigenvalue weighted by atomic mass is 35.5. The molecule has 7 heteroatoms. The molecule has 0 fully saturated rings. The van der Waals surface area contributed by atoms with Crippen LogP contribution in [-0.2, 0) is 9.59 Å². The van der Waals surface area contributed by atoms with Gasteiger partial charge in [0.05, 0.1) is 24.0 Å². The van der Waals surface area contributed by atoms with Crippen molar-refractivity contribution < 1.29 is 19.4 Å². The zero-order valence-electron chi connectivity index (χ0n) is 11.8. The molecule has 1 aromatic carbocycles. The molecule has 0 radical (unpaired) electrons. The van der Waals surface area contributed by atoms with Crippen LogP contribution in [0.4, 0.5) is 0 Å². The lowest BCUT2D eigenvalue weighted by Crippen LogP contribution is -2.34. The van der Waals surface area contributed by atoms with Gasteiger partial charge < -0.3 is 14.7 Å². The predicted octanol–water partition coefficient (Wildman–Crippen LogP) is 2.94. The fraction of sp³-hybridized carbons (Fsp3) is 0.429. The number of hydrogen-bond donors (Lipinski definition) is 1. The van der Waals surface area contributed by atoms with Crippen molar-refractivity contribution in [1.29, 1.82) is 0 Å². The van der Waals surface area contributed by atoms with Crippen LogP contribution in [0.15, 0.2) is 18.2 Å². The third-order valence-electron chi connectivity index (χ3n) is 2.86. The molecule has 1 N–H and O–H groups in total. The van der Waals surface area contributed by atoms with Crippen molar-refractivity contribution >= 4 is 35.1 Å². The van der Waals surface area contributed by atoms with Crippen molar-refractivity contribution in [3.05, 3.63) is 28.2 Å². The van der Waals surface area contributed by atoms with Gasteiger partial charge in [0.2, 0.25) is 5.91 Å². The van der Waals surface area contributed by atoms with Gasteiger partial charge in [0.15, 0.2) is 0 Å². The second-order valence-corrected chi connectivity index (χ2v) is 5.53. The summed E-state index contributed by atoms with van der Waals surface area (Å²) in [4.78, 5) is 23.9. The smallest absolute Gasteiger partial charge is 0.308 e. The van der Waals surface area contributed by atoms with Gasteiger partial charge in [-0.2, -0.15) is 0 Å². The van der Waals surface area contributed by atoms with Crippen LogP contribution in [0.5, 0.6) is 5.75 Å². The number of rotatable bonds is 7. The molecule has 1 unspecified atom stereocenters. The van der Waals surface area contributed by atoms with Gasteiger partial charge in [0, 0.05) is 18.6 Å². The second-order valence-electron chi connectivity index (χ2n) is 4.69. The lowest BCUT2D eigenvalue weighted by molar-refractivity contribution is -0.142. The van der Waals surface area contributed by atoms with Crippen LogP contribution in [0.2, 0.25) is 10.0 Å². The minimum atomic E-state index is -0.932. The predicted molar refractivity (Wildman–Crippen MR) is 81.0 cm³/mol. The Balaban J connectivity index is 2.41. The van der Waals surface area contributed by atoms with E-state index in [1.807, 2.05) is 0 Å². The molecular weight excluding hydrogens is 317 g/mol. The first-order chi connectivity index (χ1) is 9.81. The normalized spacial score (nSPS) is 11.8. The molecular formula is C14H17Cl2NO4. The molecule has 116 valence electrons. The standard InChI is InChI=1S/C14H17Cl2NO4/c1-9(14(19)20)8-17(2)13(18)5-6-21-12-4-3-10(15)7-11(12)16/h3-4,7,9H,5-6,8H2,1-2H3,(H,19,20). The summed E-state index contributed by atoms with van der Waals surface area (Å²) in [5, 5.41) is 9.69. The first-order valence-electron chi connectivity index (χ1n) is 6.36. The highest BCUT2D eigenvalue weighted by Gasteiger charge is 2.17. The van der Waals surface area contributed by atoms with Crippen LogP contribution in [0.3, 0.4) is 0 Å². The lowest BCUT2D eigenvalue weighted by Gasteiger charge is -2.19. The van der Waals surface area contributed by atoms with E-state index < -0.39 is 11.9 Å². The maximum Gasteiger partial charge on any atom is 0.308 e. The summed E-state index contributed by atoms with van der Waals surface area (Å²) in [7, 11) is 1.57. The van der Waals surface area contributed by atoms with E-state index in [1.165, 1.54) is 4.90 Å². The van der Waals surface area contributed by atoms with E-state index in [1.54, 1.807) is 32.2 Å². The monoisotopic (exact) mass is 333 g/mol. The van der Waals surface area contributed by atoms with Crippen molar-refractivity contribution in [3.8, 4) is 5.75 Å². The summed E-state index contributed by atoms with van der Waals surface area (Å²) >= 11 is 11.7. The number of ether oxygens (including phenoxy) is 1. The number of nitrogens with zero attached hydrogens (tertiary/aromatic N) is 1. The van der Waals surface area contributed by atoms with Crippen LogP contribution >= 0.6 is 23.2 Å². The third-order valence-corrected chi connectivity index (χ3v) is 3.39. The molecule has 0 saturated carbocycles. The Morgan fingerprint density at radius 1 is 1.38 bits per heavy atom. The van der Waals surface area contributed by atoms with Gasteiger partial charge in [-0.05, 0) is 18.2 Å². The summed E-state index contributed by atoms with van der Waals surface area (Å²) < 4.78 is 5.41. The van der Waals surface area contributed by atoms with Crippen molar-refractivity contribution in [2.24, 2.45) is 5.92 Å². The Hall–Kier alpha value is -1.46. The first kappa shape index (κ1) is 17.6. The molecule has 0 aliphatic rings. The van der Waals surface area contributed by atoms with Gasteiger partial charge in [-0.15, -0.1) is 0 Å². The number of benzene rings is 1. The summed E-state index contributed by atoms with van der Waals surface area (Å²) in [6.45, 7) is 1.87. The summed E-state index contributed by atoms with van der Waals surface area (Å²) in [6.07, 6.45) is 0.141. The molecule has 1 amide bonds. The molecule has 21 heavy (non-hydrogen) atoms. The molecule has 0 aliphatic heterocycles. The topological polar surface area (TPSA) is 66.8 Å². The number of carbonyl (C=O) groups is 2. The molecule has 0 spiro atoms. The van der Waals surface area contributed by atoms with E-state index >= 15 is 0 Å². The number of carboxylic acids is 1. The number of aliphatic carboxylic acids is 1. The maximum absolute atomic E-state index is 11.8. The van der Waals surface area contributed by atoms with E-state index in [0.29, 0.717) is 15.8 Å². The molecule has 0 aromatic heterocycles. The minimum Gasteiger partial charge on any atom is -0.491 e. The lowest BCUT2D eigenvalue weighted by atomic mass is 10.2. The summed E-state index contributed by atoms with van der Waals surface area (Å²) in [5.41, 5.74) is 0. The van der Waals surface area contributed by atoms with E-state index in [2.05, 4.69) is 0 Å². The Labute approximate surface area is 133 Å². The zero-order valence-corrected chi connectivity index (χ0v) is 13.3. The van der Waals surface area contributed by atoms with Crippen molar-refractivity contribution in [1.82, 2.24) is 4.90 Å². The van der Waals surface area contributed by atoms with Gasteiger partial charge in [0.1, 0.15) is 5.75 Å². The van der Waals surface area contributed by atoms with E-state index in [9.17, 15) is 9.59 Å². The maximum atomic E-state index is 11.8. The third kappa shape index (κ3) is 5.81. The molecule has 0 heterocycles. The summed E-state index contributed by atoms with van der Waals surface area (Å²) in [5.74, 6) is -1.27. The largest absolute Gasteiger partial charge is 0.491 e. The molecule has 0 aliphatic carbocycles. The quantitative estimate of drug-likeness (QED) is 0.833. The number of carbonyl (C=O) groups excluding carboxylic acids is 1. The van der Waals surface area contributed by atoms with E-state index in [-0.39, 0.29) is 25.5 Å². The van der Waals surface area contributed by atoms with Crippen LogP contribution < -0.4 is 4.74 Å². The van der Waals surface area contributed by atoms with Crippen LogP contribution in [0.1, 0.15) is 13.3 Å². The fourth-order valence-electron chi connectivity index (χ4n) is 1.62. The number of amides is 1. The van der Waals surface area contributed by atoms with Gasteiger partial charge in [-0.25, -0.2) is 0 Å². The highest BCUT2D eigenvalue weighted by molar-refractivity contribution is 6.35. The SMILES string of the molecule is CC(CN(C)C(=O)CCOc1ccc(Cl)cc1Cl)C(=O)O. The van der Waals surface area contributed by atoms with Gasteiger partial charge in [-0.3, -0.25) is 9.59 Å². The Morgan fingerprint density at radius 3 is 2.62 bits per heavy atom. The molecule has 1 rings (SSSR count). The fourth-order valence-corrected chi connectivity index (χ4v) is 2.09. The molecule has 1 atom stereocenters. The summed E-state index contributed by atoms with van der Waals surface area (Å²) in [6, 6.07) is 4.83. The molecule has 1 aromatic rings. The number of hydrogen-bond acceptors (Lipinski definition) is 3. The van der Waals surface area contributed by atoms with Gasteiger partial charge in [-0.1, -0.05) is 30.1 Å². The highest BCUT2D eigenvalue weighted by Crippen LogP contribution is 2.27. The van der Waals surface area contributed by atoms with Crippen molar-refractivity contribution in [2.45, 2.75) is 13.3 Å². The second kappa shape index (κ2) is 8.10. The van der Waals surface area contributed by atoms with E-state index in [0.717, 1.165) is 0 Å². The van der Waals surface area contributed by atoms with Gasteiger partial charge in [0.25, 0.3) is 0 Å². The molecule has 0 bridgehead atoms. The first-order valence-corrected chi connectivity index (χ1v) is 7.11. The Kier molecular flexibility index (Phi) is 6.78. The Bertz CT molecular complexity index is 522. The van der Waals surface area contributed by atoms with Crippen LogP contribution in [0, 0.1) is 5.92 Å². The van der Waals surface area contributed by atoms with Crippen molar-refractivity contribution in [2.75, 3.05) is 20.2 Å². The average Bonchev–Trinajstić information content (AvgIpc) is 2.40. The van der Waals surface area contributed by atoms with Crippen LogP contribution in [0.25, 0.3) is 0 Å². The Morgan fingerprint density at radius 2 is 2.05 bits per heavy atom. The van der Waals surface area contributed by atoms with Crippen molar-refractivity contribution in [3.63, 3.8) is 0 Å². The van der Waals surface area contributed by atoms with Crippen LogP contribution in [-0.4, -0.2) is 42.1 Å². The average molecular weight is 334 g/mol. The molecule has 5 nitrogen and oxygen atoms in total. The van der Waals surface area contributed by atoms with E-state index in [4.69, 9.17) is 33.0 Å². The minimum absolute atomic E-state index is 0.141. The number of carboxylic acid groups (broad SMARTS) is 1. The molecule has 0 saturated heterocycles. The zero-order chi connectivity index (χ0) is 16.0. The van der Waals surface area contributed by atoms with Gasteiger partial charge >= 0.3 is 5.97 Å².